The van der Waals surface area contributed by atoms with Crippen molar-refractivity contribution in [2.24, 2.45) is 0 Å². The number of anilines is 1. The molecule has 2 N–H and O–H groups in total. The highest BCUT2D eigenvalue weighted by molar-refractivity contribution is 5.41. The van der Waals surface area contributed by atoms with Gasteiger partial charge in [-0.2, -0.15) is 5.10 Å². The van der Waals surface area contributed by atoms with Gasteiger partial charge in [-0.15, -0.1) is 0 Å². The maximum absolute atomic E-state index is 6.41. The zero-order valence-electron chi connectivity index (χ0n) is 19.4. The number of methoxy groups -OCH3 is 1. The molecule has 5 rings (SSSR count). The number of nitrogens with zero attached hydrogens (tertiary/aromatic N) is 3. The van der Waals surface area contributed by atoms with E-state index >= 15 is 0 Å². The number of aromatic nitrogens is 2. The first-order chi connectivity index (χ1) is 16.7. The lowest BCUT2D eigenvalue weighted by atomic mass is 9.90. The number of rotatable bonds is 7. The van der Waals surface area contributed by atoms with Crippen molar-refractivity contribution < 1.29 is 9.47 Å². The van der Waals surface area contributed by atoms with Crippen LogP contribution in [0.2, 0.25) is 0 Å². The lowest BCUT2D eigenvalue weighted by Gasteiger charge is -2.37. The van der Waals surface area contributed by atoms with E-state index < -0.39 is 0 Å². The van der Waals surface area contributed by atoms with E-state index in [-0.39, 0.29) is 6.10 Å². The van der Waals surface area contributed by atoms with Gasteiger partial charge in [-0.05, 0) is 66.1 Å². The standard InChI is InChI=1S/C28H30N4O2/c1-33-26-13-9-25(10-14-26)32-19-23(16-30-32)22-15-28(34-27-11-7-24(29)8-12-27)20-31(18-22)17-21-5-3-2-4-6-21/h2-14,16,19,22,28H,15,17-18,20,29H2,1H3. The van der Waals surface area contributed by atoms with E-state index in [1.54, 1.807) is 7.11 Å². The van der Waals surface area contributed by atoms with E-state index in [4.69, 9.17) is 15.2 Å². The monoisotopic (exact) mass is 454 g/mol. The number of likely N-dealkylation sites (tertiary alicyclic amines) is 1. The molecular weight excluding hydrogens is 424 g/mol. The Labute approximate surface area is 200 Å². The molecule has 0 aliphatic carbocycles. The number of benzene rings is 3. The summed E-state index contributed by atoms with van der Waals surface area (Å²) in [6.45, 7) is 2.73. The molecule has 2 unspecified atom stereocenters. The van der Waals surface area contributed by atoms with Crippen molar-refractivity contribution in [1.82, 2.24) is 14.7 Å². The molecule has 1 saturated heterocycles. The lowest BCUT2D eigenvalue weighted by molar-refractivity contribution is 0.0716. The van der Waals surface area contributed by atoms with Gasteiger partial charge in [0.1, 0.15) is 17.6 Å². The van der Waals surface area contributed by atoms with Gasteiger partial charge in [0.25, 0.3) is 0 Å². The van der Waals surface area contributed by atoms with Crippen LogP contribution in [0.5, 0.6) is 11.5 Å². The molecule has 0 bridgehead atoms. The van der Waals surface area contributed by atoms with Crippen LogP contribution in [0.3, 0.4) is 0 Å². The van der Waals surface area contributed by atoms with Crippen LogP contribution in [0.1, 0.15) is 23.5 Å². The minimum Gasteiger partial charge on any atom is -0.497 e. The Bertz CT molecular complexity index is 1190. The Morgan fingerprint density at radius 3 is 2.38 bits per heavy atom. The van der Waals surface area contributed by atoms with Gasteiger partial charge in [-0.3, -0.25) is 4.90 Å². The van der Waals surface area contributed by atoms with Crippen LogP contribution in [-0.4, -0.2) is 41.0 Å². The number of ether oxygens (including phenoxy) is 2. The molecule has 34 heavy (non-hydrogen) atoms. The Kier molecular flexibility index (Phi) is 6.49. The quantitative estimate of drug-likeness (QED) is 0.403. The summed E-state index contributed by atoms with van der Waals surface area (Å²) in [6, 6.07) is 26.2. The zero-order chi connectivity index (χ0) is 23.3. The van der Waals surface area contributed by atoms with Gasteiger partial charge in [0.05, 0.1) is 19.0 Å². The summed E-state index contributed by atoms with van der Waals surface area (Å²) < 4.78 is 13.6. The molecule has 1 aromatic heterocycles. The molecule has 2 heterocycles. The number of nitrogen functional groups attached to an aromatic ring is 1. The highest BCUT2D eigenvalue weighted by Crippen LogP contribution is 2.31. The molecule has 174 valence electrons. The van der Waals surface area contributed by atoms with Gasteiger partial charge < -0.3 is 15.2 Å². The van der Waals surface area contributed by atoms with Crippen LogP contribution in [0.15, 0.2) is 91.3 Å². The summed E-state index contributed by atoms with van der Waals surface area (Å²) in [5, 5.41) is 4.65. The highest BCUT2D eigenvalue weighted by Gasteiger charge is 2.30. The van der Waals surface area contributed by atoms with E-state index in [9.17, 15) is 0 Å². The summed E-state index contributed by atoms with van der Waals surface area (Å²) in [5.41, 5.74) is 10.1. The van der Waals surface area contributed by atoms with Crippen molar-refractivity contribution in [2.75, 3.05) is 25.9 Å². The molecule has 1 aliphatic heterocycles. The van der Waals surface area contributed by atoms with Crippen LogP contribution in [0.4, 0.5) is 5.69 Å². The van der Waals surface area contributed by atoms with E-state index in [1.165, 1.54) is 11.1 Å². The third-order valence-corrected chi connectivity index (χ3v) is 6.33. The molecule has 3 aromatic carbocycles. The lowest BCUT2D eigenvalue weighted by Crippen LogP contribution is -2.44. The third kappa shape index (κ3) is 5.24. The summed E-state index contributed by atoms with van der Waals surface area (Å²) in [7, 11) is 1.67. The molecule has 1 fully saturated rings. The van der Waals surface area contributed by atoms with Gasteiger partial charge in [0.2, 0.25) is 0 Å². The number of hydrogen-bond donors (Lipinski definition) is 1. The first kappa shape index (κ1) is 22.0. The predicted molar refractivity (Wildman–Crippen MR) is 134 cm³/mol. The molecule has 6 nitrogen and oxygen atoms in total. The molecule has 0 saturated carbocycles. The molecule has 0 spiro atoms. The second-order valence-corrected chi connectivity index (χ2v) is 8.84. The minimum absolute atomic E-state index is 0.0791. The topological polar surface area (TPSA) is 65.5 Å². The smallest absolute Gasteiger partial charge is 0.119 e. The largest absolute Gasteiger partial charge is 0.497 e. The molecule has 6 heteroatoms. The van der Waals surface area contributed by atoms with Crippen molar-refractivity contribution in [1.29, 1.82) is 0 Å². The summed E-state index contributed by atoms with van der Waals surface area (Å²) >= 11 is 0. The molecule has 4 aromatic rings. The Morgan fingerprint density at radius 2 is 1.65 bits per heavy atom. The van der Waals surface area contributed by atoms with Gasteiger partial charge in [-0.25, -0.2) is 4.68 Å². The van der Waals surface area contributed by atoms with Crippen molar-refractivity contribution in [3.05, 3.63) is 102 Å². The van der Waals surface area contributed by atoms with Crippen molar-refractivity contribution in [2.45, 2.75) is 25.0 Å². The second-order valence-electron chi connectivity index (χ2n) is 8.84. The van der Waals surface area contributed by atoms with E-state index in [1.807, 2.05) is 59.4 Å². The Balaban J connectivity index is 1.36. The van der Waals surface area contributed by atoms with Crippen LogP contribution < -0.4 is 15.2 Å². The van der Waals surface area contributed by atoms with Crippen LogP contribution in [-0.2, 0) is 6.54 Å². The van der Waals surface area contributed by atoms with E-state index in [2.05, 4.69) is 46.5 Å². The van der Waals surface area contributed by atoms with Gasteiger partial charge in [0.15, 0.2) is 0 Å². The van der Waals surface area contributed by atoms with Crippen molar-refractivity contribution in [3.63, 3.8) is 0 Å². The van der Waals surface area contributed by atoms with E-state index in [0.29, 0.717) is 5.92 Å². The molecule has 1 aliphatic rings. The second kappa shape index (κ2) is 10.0. The van der Waals surface area contributed by atoms with Crippen LogP contribution in [0, 0.1) is 0 Å². The molecule has 2 atom stereocenters. The van der Waals surface area contributed by atoms with Gasteiger partial charge in [0, 0.05) is 37.4 Å². The fourth-order valence-electron chi connectivity index (χ4n) is 4.60. The summed E-state index contributed by atoms with van der Waals surface area (Å²) in [4.78, 5) is 2.48. The molecule has 0 amide bonds. The third-order valence-electron chi connectivity index (χ3n) is 6.33. The molecular formula is C28H30N4O2. The first-order valence-corrected chi connectivity index (χ1v) is 11.6. The molecule has 0 radical (unpaired) electrons. The van der Waals surface area contributed by atoms with Gasteiger partial charge >= 0.3 is 0 Å². The Hall–Kier alpha value is -3.77. The van der Waals surface area contributed by atoms with Crippen LogP contribution >= 0.6 is 0 Å². The zero-order valence-corrected chi connectivity index (χ0v) is 19.4. The predicted octanol–water partition coefficient (Wildman–Crippen LogP) is 4.90. The fraction of sp³-hybridized carbons (Fsp3) is 0.250. The Morgan fingerprint density at radius 1 is 0.912 bits per heavy atom. The maximum Gasteiger partial charge on any atom is 0.119 e. The maximum atomic E-state index is 6.41. The van der Waals surface area contributed by atoms with Crippen molar-refractivity contribution in [3.8, 4) is 17.2 Å². The number of nitrogens with two attached hydrogens (primary N) is 1. The average molecular weight is 455 g/mol. The van der Waals surface area contributed by atoms with E-state index in [0.717, 1.165) is 48.9 Å². The fourth-order valence-corrected chi connectivity index (χ4v) is 4.60. The number of hydrogen-bond acceptors (Lipinski definition) is 5. The summed E-state index contributed by atoms with van der Waals surface area (Å²) in [6.07, 6.45) is 5.14. The minimum atomic E-state index is 0.0791. The van der Waals surface area contributed by atoms with Gasteiger partial charge in [-0.1, -0.05) is 30.3 Å². The normalized spacial score (nSPS) is 18.5. The number of piperidine rings is 1. The first-order valence-electron chi connectivity index (χ1n) is 11.6. The highest BCUT2D eigenvalue weighted by atomic mass is 16.5. The van der Waals surface area contributed by atoms with Crippen molar-refractivity contribution >= 4 is 5.69 Å². The SMILES string of the molecule is COc1ccc(-n2cc(C3CC(Oc4ccc(N)cc4)CN(Cc4ccccc4)C3)cn2)cc1. The summed E-state index contributed by atoms with van der Waals surface area (Å²) in [5.74, 6) is 2.01. The van der Waals surface area contributed by atoms with Crippen LogP contribution in [0.25, 0.3) is 5.69 Å². The average Bonchev–Trinajstić information content (AvgIpc) is 3.37.